The molecule has 430 valence electrons. The first-order valence-electron chi connectivity index (χ1n) is 26.8. The SMILES string of the molecule is O=C(COCCOCCOCCOCCOCC(=O)N1CCN(Cc2ccc(-c3c[nH]c4ccncc34)c(OCCc3ccc(-c4cccc5ccncc45)cc3)c2)CC1)NC[C@H]1OC[C@H](Nc2cncc(C(F)(F)F)n2)[C@@H](O)[C@H]1O. The minimum atomic E-state index is -4.70. The fraction of sp³-hybridized carbons (Fsp3) is 0.414. The molecule has 0 unspecified atom stereocenters. The number of pyridine rings is 2. The van der Waals surface area contributed by atoms with Crippen LogP contribution in [0.5, 0.6) is 5.75 Å². The Labute approximate surface area is 465 Å². The summed E-state index contributed by atoms with van der Waals surface area (Å²) < 4.78 is 78.6. The smallest absolute Gasteiger partial charge is 0.434 e. The summed E-state index contributed by atoms with van der Waals surface area (Å²) in [5, 5.41) is 29.5. The van der Waals surface area contributed by atoms with Gasteiger partial charge in [-0.1, -0.05) is 54.6 Å². The number of carbonyl (C=O) groups is 2. The highest BCUT2D eigenvalue weighted by Gasteiger charge is 2.39. The van der Waals surface area contributed by atoms with E-state index in [-0.39, 0.29) is 57.9 Å². The Morgan fingerprint density at radius 2 is 1.40 bits per heavy atom. The molecule has 81 heavy (non-hydrogen) atoms. The van der Waals surface area contributed by atoms with Crippen molar-refractivity contribution in [1.82, 2.24) is 40.0 Å². The highest BCUT2D eigenvalue weighted by molar-refractivity contribution is 5.97. The Morgan fingerprint density at radius 1 is 0.704 bits per heavy atom. The number of benzene rings is 3. The number of carbonyl (C=O) groups excluding carboxylic acids is 2. The Kier molecular flexibility index (Phi) is 20.9. The lowest BCUT2D eigenvalue weighted by molar-refractivity contribution is -0.144. The van der Waals surface area contributed by atoms with Crippen molar-refractivity contribution in [2.75, 3.05) is 117 Å². The number of piperazine rings is 1. The lowest BCUT2D eigenvalue weighted by Gasteiger charge is -2.38. The largest absolute Gasteiger partial charge is 0.493 e. The zero-order chi connectivity index (χ0) is 56.4. The number of alkyl halides is 3. The van der Waals surface area contributed by atoms with E-state index in [0.29, 0.717) is 65.5 Å². The molecule has 20 nitrogen and oxygen atoms in total. The van der Waals surface area contributed by atoms with Crippen molar-refractivity contribution < 1.29 is 66.1 Å². The van der Waals surface area contributed by atoms with Gasteiger partial charge in [0.1, 0.15) is 43.1 Å². The molecule has 0 saturated carbocycles. The van der Waals surface area contributed by atoms with Crippen LogP contribution in [0.2, 0.25) is 0 Å². The summed E-state index contributed by atoms with van der Waals surface area (Å²) in [6, 6.07) is 24.4. The first kappa shape index (κ1) is 58.5. The summed E-state index contributed by atoms with van der Waals surface area (Å²) in [6.45, 7) is 5.42. The van der Waals surface area contributed by atoms with Crippen molar-refractivity contribution >= 4 is 39.3 Å². The van der Waals surface area contributed by atoms with Gasteiger partial charge < -0.3 is 63.9 Å². The van der Waals surface area contributed by atoms with Gasteiger partial charge in [-0.3, -0.25) is 29.4 Å². The molecule has 0 bridgehead atoms. The molecule has 7 aromatic rings. The lowest BCUT2D eigenvalue weighted by Crippen LogP contribution is -2.58. The van der Waals surface area contributed by atoms with Gasteiger partial charge in [0, 0.05) is 104 Å². The lowest BCUT2D eigenvalue weighted by atomic mass is 9.98. The van der Waals surface area contributed by atoms with Crippen molar-refractivity contribution in [2.24, 2.45) is 0 Å². The molecule has 2 aliphatic rings. The molecule has 23 heteroatoms. The number of H-pyrrole nitrogens is 1. The molecule has 2 fully saturated rings. The van der Waals surface area contributed by atoms with Crippen LogP contribution in [0.4, 0.5) is 19.0 Å². The number of aromatic amines is 1. The number of aliphatic hydroxyl groups excluding tert-OH is 2. The van der Waals surface area contributed by atoms with Crippen molar-refractivity contribution in [3.05, 3.63) is 133 Å². The second-order valence-corrected chi connectivity index (χ2v) is 19.4. The highest BCUT2D eigenvalue weighted by Crippen LogP contribution is 2.37. The van der Waals surface area contributed by atoms with Crippen LogP contribution in [-0.4, -0.2) is 193 Å². The normalized spacial score (nSPS) is 17.9. The second-order valence-electron chi connectivity index (χ2n) is 19.4. The number of fused-ring (bicyclic) bond motifs is 2. The minimum Gasteiger partial charge on any atom is -0.493 e. The monoisotopic (exact) mass is 1120 g/mol. The van der Waals surface area contributed by atoms with E-state index >= 15 is 0 Å². The van der Waals surface area contributed by atoms with Gasteiger partial charge in [-0.25, -0.2) is 4.98 Å². The van der Waals surface area contributed by atoms with Gasteiger partial charge in [0.15, 0.2) is 5.69 Å². The van der Waals surface area contributed by atoms with Gasteiger partial charge >= 0.3 is 6.18 Å². The molecule has 0 radical (unpaired) electrons. The number of rotatable bonds is 28. The average Bonchev–Trinajstić information content (AvgIpc) is 4.09. The van der Waals surface area contributed by atoms with Gasteiger partial charge in [-0.05, 0) is 45.8 Å². The molecule has 2 saturated heterocycles. The first-order valence-corrected chi connectivity index (χ1v) is 26.8. The predicted molar refractivity (Wildman–Crippen MR) is 293 cm³/mol. The molecular weight excluding hydrogens is 1060 g/mol. The van der Waals surface area contributed by atoms with Crippen LogP contribution in [0.25, 0.3) is 43.9 Å². The molecule has 2 aliphatic heterocycles. The molecule has 4 aromatic heterocycles. The Balaban J connectivity index is 0.596. The van der Waals surface area contributed by atoms with Crippen LogP contribution < -0.4 is 15.4 Å². The van der Waals surface area contributed by atoms with E-state index in [1.165, 1.54) is 5.56 Å². The van der Waals surface area contributed by atoms with Gasteiger partial charge in [-0.15, -0.1) is 0 Å². The fourth-order valence-electron chi connectivity index (χ4n) is 9.51. The Morgan fingerprint density at radius 3 is 2.14 bits per heavy atom. The fourth-order valence-corrected chi connectivity index (χ4v) is 9.51. The predicted octanol–water partition coefficient (Wildman–Crippen LogP) is 5.32. The zero-order valence-corrected chi connectivity index (χ0v) is 44.6. The highest BCUT2D eigenvalue weighted by atomic mass is 19.4. The number of halogens is 3. The summed E-state index contributed by atoms with van der Waals surface area (Å²) >= 11 is 0. The van der Waals surface area contributed by atoms with Crippen molar-refractivity contribution in [3.63, 3.8) is 0 Å². The summed E-state index contributed by atoms with van der Waals surface area (Å²) in [4.78, 5) is 48.5. The zero-order valence-electron chi connectivity index (χ0n) is 44.6. The van der Waals surface area contributed by atoms with E-state index in [1.54, 1.807) is 6.20 Å². The summed E-state index contributed by atoms with van der Waals surface area (Å²) in [5.74, 6) is 0.00808. The molecule has 5 N–H and O–H groups in total. The van der Waals surface area contributed by atoms with E-state index in [0.717, 1.165) is 80.9 Å². The number of nitrogens with zero attached hydrogens (tertiary/aromatic N) is 6. The van der Waals surface area contributed by atoms with E-state index in [9.17, 15) is 33.0 Å². The molecular formula is C58H66F3N9O11. The van der Waals surface area contributed by atoms with Crippen LogP contribution in [0.15, 0.2) is 116 Å². The first-order chi connectivity index (χ1) is 39.5. The third-order valence-electron chi connectivity index (χ3n) is 13.9. The van der Waals surface area contributed by atoms with E-state index in [2.05, 4.69) is 101 Å². The topological polar surface area (TPSA) is 237 Å². The number of aromatic nitrogens is 5. The molecule has 9 rings (SSSR count). The maximum absolute atomic E-state index is 13.0. The summed E-state index contributed by atoms with van der Waals surface area (Å²) in [7, 11) is 0. The number of ether oxygens (including phenoxy) is 7. The van der Waals surface area contributed by atoms with Gasteiger partial charge in [0.2, 0.25) is 11.8 Å². The van der Waals surface area contributed by atoms with Crippen LogP contribution >= 0.6 is 0 Å². The molecule has 0 spiro atoms. The number of amides is 2. The molecule has 0 aliphatic carbocycles. The maximum Gasteiger partial charge on any atom is 0.434 e. The maximum atomic E-state index is 13.0. The van der Waals surface area contributed by atoms with Crippen LogP contribution in [0, 0.1) is 0 Å². The summed E-state index contributed by atoms with van der Waals surface area (Å²) in [5.41, 5.74) is 6.41. The van der Waals surface area contributed by atoms with E-state index in [4.69, 9.17) is 33.2 Å². The number of nitrogens with one attached hydrogen (secondary N) is 3. The van der Waals surface area contributed by atoms with Crippen LogP contribution in [0.3, 0.4) is 0 Å². The van der Waals surface area contributed by atoms with Gasteiger partial charge in [0.25, 0.3) is 0 Å². The Hall–Kier alpha value is -7.19. The molecule has 2 amide bonds. The molecule has 4 atom stereocenters. The average molecular weight is 1120 g/mol. The van der Waals surface area contributed by atoms with Crippen molar-refractivity contribution in [2.45, 2.75) is 43.5 Å². The van der Waals surface area contributed by atoms with Crippen LogP contribution in [0.1, 0.15) is 16.8 Å². The van der Waals surface area contributed by atoms with E-state index in [1.807, 2.05) is 41.8 Å². The number of anilines is 1. The standard InChI is InChI=1S/C58H66F3N9O11/c59-58(60,61)52-33-64-34-53(68-52)67-49-36-81-51(57(74)56(49)73)32-66-54(71)37-78-26-24-76-22-20-75-21-23-77-25-27-79-38-55(72)70-17-15-69(16-18-70)35-40-6-9-44(46-31-65-48-11-14-63-30-47(46)48)50(28-40)80-19-12-39-4-7-42(8-5-39)43-3-1-2-41-10-13-62-29-45(41)43/h1-11,13-14,28-31,33-34,49,51,56-57,65,73-74H,12,15-27,32,35-38H2,(H,66,71)(H,67,68)/t49-,51+,56+,57-/m0/s1. The molecule has 6 heterocycles. The van der Waals surface area contributed by atoms with Gasteiger partial charge in [-0.2, -0.15) is 13.2 Å². The number of hydrogen-bond acceptors (Lipinski definition) is 17. The summed E-state index contributed by atoms with van der Waals surface area (Å²) in [6.07, 6.45) is 3.19. The molecule has 3 aromatic carbocycles. The van der Waals surface area contributed by atoms with Crippen LogP contribution in [-0.2, 0) is 57.2 Å². The third-order valence-corrected chi connectivity index (χ3v) is 13.9. The minimum absolute atomic E-state index is 0.0250. The third kappa shape index (κ3) is 16.5. The quantitative estimate of drug-likeness (QED) is 0.0390. The number of aliphatic hydroxyl groups is 2. The van der Waals surface area contributed by atoms with Gasteiger partial charge in [0.05, 0.1) is 84.5 Å². The second kappa shape index (κ2) is 29.0. The van der Waals surface area contributed by atoms with E-state index < -0.39 is 42.1 Å². The number of hydrogen-bond donors (Lipinski definition) is 5. The Bertz CT molecular complexity index is 3120. The van der Waals surface area contributed by atoms with Crippen molar-refractivity contribution in [1.29, 1.82) is 0 Å². The van der Waals surface area contributed by atoms with Crippen molar-refractivity contribution in [3.8, 4) is 28.0 Å².